The number of nitrogens with zero attached hydrogens (tertiary/aromatic N) is 4. The maximum Gasteiger partial charge on any atom is 0.222 e. The molecular formula is C21H31IN6O. The first-order valence-electron chi connectivity index (χ1n) is 9.98. The van der Waals surface area contributed by atoms with E-state index in [-0.39, 0.29) is 35.9 Å². The molecule has 1 unspecified atom stereocenters. The first kappa shape index (κ1) is 23.2. The number of carbonyl (C=O) groups excluding carboxylic acids is 1. The number of amides is 1. The lowest BCUT2D eigenvalue weighted by Crippen LogP contribution is -2.45. The van der Waals surface area contributed by atoms with Gasteiger partial charge in [-0.05, 0) is 18.4 Å². The minimum atomic E-state index is 0. The van der Waals surface area contributed by atoms with Gasteiger partial charge in [-0.1, -0.05) is 37.3 Å². The Morgan fingerprint density at radius 3 is 2.83 bits per heavy atom. The van der Waals surface area contributed by atoms with Crippen LogP contribution in [0.1, 0.15) is 31.2 Å². The number of hydrogen-bond donors (Lipinski definition) is 2. The van der Waals surface area contributed by atoms with Gasteiger partial charge in [0.1, 0.15) is 5.82 Å². The first-order chi connectivity index (χ1) is 13.7. The number of nitrogens with one attached hydrogen (secondary N) is 2. The number of likely N-dealkylation sites (tertiary alicyclic amines) is 1. The molecular weight excluding hydrogens is 479 g/mol. The smallest absolute Gasteiger partial charge is 0.222 e. The van der Waals surface area contributed by atoms with Gasteiger partial charge < -0.3 is 20.1 Å². The Labute approximate surface area is 190 Å². The molecule has 0 radical (unpaired) electrons. The van der Waals surface area contributed by atoms with Gasteiger partial charge in [0.15, 0.2) is 5.96 Å². The Bertz CT molecular complexity index is 791. The van der Waals surface area contributed by atoms with Crippen molar-refractivity contribution in [1.29, 1.82) is 0 Å². The number of hydrogen-bond acceptors (Lipinski definition) is 3. The third-order valence-corrected chi connectivity index (χ3v) is 5.11. The van der Waals surface area contributed by atoms with Crippen molar-refractivity contribution in [3.63, 3.8) is 0 Å². The molecule has 29 heavy (non-hydrogen) atoms. The molecule has 2 heterocycles. The molecule has 1 fully saturated rings. The van der Waals surface area contributed by atoms with Crippen LogP contribution in [0, 0.1) is 0 Å². The van der Waals surface area contributed by atoms with Crippen LogP contribution >= 0.6 is 24.0 Å². The molecule has 1 aliphatic rings. The van der Waals surface area contributed by atoms with Crippen LogP contribution in [-0.4, -0.2) is 52.5 Å². The number of guanidine groups is 1. The normalized spacial score (nSPS) is 16.4. The minimum Gasteiger partial charge on any atom is -0.352 e. The van der Waals surface area contributed by atoms with Crippen LogP contribution in [0.4, 0.5) is 0 Å². The Morgan fingerprint density at radius 2 is 2.10 bits per heavy atom. The van der Waals surface area contributed by atoms with Crippen molar-refractivity contribution in [2.45, 2.75) is 45.3 Å². The molecule has 1 saturated heterocycles. The van der Waals surface area contributed by atoms with E-state index in [4.69, 9.17) is 0 Å². The van der Waals surface area contributed by atoms with Gasteiger partial charge in [0.2, 0.25) is 5.91 Å². The zero-order valence-electron chi connectivity index (χ0n) is 17.2. The van der Waals surface area contributed by atoms with E-state index in [0.717, 1.165) is 44.3 Å². The molecule has 1 atom stereocenters. The van der Waals surface area contributed by atoms with Gasteiger partial charge in [0.05, 0.1) is 6.54 Å². The second kappa shape index (κ2) is 11.8. The molecule has 158 valence electrons. The third-order valence-electron chi connectivity index (χ3n) is 5.11. The average molecular weight is 510 g/mol. The molecule has 0 spiro atoms. The number of benzene rings is 1. The van der Waals surface area contributed by atoms with Crippen LogP contribution < -0.4 is 10.6 Å². The molecule has 0 bridgehead atoms. The fourth-order valence-electron chi connectivity index (χ4n) is 3.48. The molecule has 1 aromatic heterocycles. The van der Waals surface area contributed by atoms with Crippen molar-refractivity contribution in [1.82, 2.24) is 25.1 Å². The molecule has 3 rings (SSSR count). The maximum absolute atomic E-state index is 11.8. The summed E-state index contributed by atoms with van der Waals surface area (Å²) in [4.78, 5) is 22.6. The molecule has 1 amide bonds. The highest BCUT2D eigenvalue weighted by Crippen LogP contribution is 2.10. The summed E-state index contributed by atoms with van der Waals surface area (Å²) in [6, 6.07) is 10.7. The zero-order chi connectivity index (χ0) is 19.8. The SMILES string of the molecule is CCC(=O)N1CCC(NC(=NC)NCc2nccn2CCc2ccccc2)C1.I. The maximum atomic E-state index is 11.8. The average Bonchev–Trinajstić information content (AvgIpc) is 3.39. The molecule has 0 saturated carbocycles. The minimum absolute atomic E-state index is 0. The lowest BCUT2D eigenvalue weighted by Gasteiger charge is -2.19. The van der Waals surface area contributed by atoms with Gasteiger partial charge in [-0.25, -0.2) is 4.98 Å². The van der Waals surface area contributed by atoms with E-state index in [1.165, 1.54) is 5.56 Å². The van der Waals surface area contributed by atoms with Crippen LogP contribution in [0.5, 0.6) is 0 Å². The van der Waals surface area contributed by atoms with Crippen LogP contribution in [0.2, 0.25) is 0 Å². The molecule has 2 N–H and O–H groups in total. The van der Waals surface area contributed by atoms with E-state index in [1.807, 2.05) is 30.3 Å². The van der Waals surface area contributed by atoms with E-state index in [9.17, 15) is 4.79 Å². The van der Waals surface area contributed by atoms with E-state index < -0.39 is 0 Å². The second-order valence-corrected chi connectivity index (χ2v) is 7.02. The van der Waals surface area contributed by atoms with E-state index in [1.54, 1.807) is 7.05 Å². The van der Waals surface area contributed by atoms with Crippen molar-refractivity contribution in [3.05, 3.63) is 54.1 Å². The third kappa shape index (κ3) is 6.73. The topological polar surface area (TPSA) is 74.6 Å². The summed E-state index contributed by atoms with van der Waals surface area (Å²) < 4.78 is 2.17. The molecule has 7 nitrogen and oxygen atoms in total. The lowest BCUT2D eigenvalue weighted by atomic mass is 10.1. The molecule has 2 aromatic rings. The summed E-state index contributed by atoms with van der Waals surface area (Å²) in [7, 11) is 1.77. The fourth-order valence-corrected chi connectivity index (χ4v) is 3.48. The van der Waals surface area contributed by atoms with Crippen molar-refractivity contribution < 1.29 is 4.79 Å². The quantitative estimate of drug-likeness (QED) is 0.341. The largest absolute Gasteiger partial charge is 0.352 e. The Balaban J connectivity index is 0.00000300. The molecule has 0 aliphatic carbocycles. The highest BCUT2D eigenvalue weighted by atomic mass is 127. The highest BCUT2D eigenvalue weighted by molar-refractivity contribution is 14.0. The Morgan fingerprint density at radius 1 is 1.31 bits per heavy atom. The predicted molar refractivity (Wildman–Crippen MR) is 126 cm³/mol. The summed E-state index contributed by atoms with van der Waals surface area (Å²) in [5.74, 6) is 1.94. The van der Waals surface area contributed by atoms with Crippen molar-refractivity contribution in [3.8, 4) is 0 Å². The zero-order valence-corrected chi connectivity index (χ0v) is 19.5. The molecule has 8 heteroatoms. The highest BCUT2D eigenvalue weighted by Gasteiger charge is 2.25. The number of imidazole rings is 1. The van der Waals surface area contributed by atoms with Gasteiger partial charge in [-0.2, -0.15) is 0 Å². The van der Waals surface area contributed by atoms with Crippen LogP contribution in [0.25, 0.3) is 0 Å². The van der Waals surface area contributed by atoms with Crippen molar-refractivity contribution in [2.24, 2.45) is 4.99 Å². The van der Waals surface area contributed by atoms with E-state index >= 15 is 0 Å². The molecule has 1 aliphatic heterocycles. The standard InChI is InChI=1S/C21H30N6O.HI/c1-3-20(28)27-13-10-18(16-27)25-21(22-2)24-15-19-23-11-14-26(19)12-9-17-7-5-4-6-8-17;/h4-8,11,14,18H,3,9-10,12-13,15-16H2,1-2H3,(H2,22,24,25);1H. The van der Waals surface area contributed by atoms with E-state index in [2.05, 4.69) is 49.4 Å². The summed E-state index contributed by atoms with van der Waals surface area (Å²) in [6.07, 6.45) is 6.33. The van der Waals surface area contributed by atoms with Crippen LogP contribution in [0.15, 0.2) is 47.7 Å². The predicted octanol–water partition coefficient (Wildman–Crippen LogP) is 2.42. The van der Waals surface area contributed by atoms with Gasteiger partial charge in [-0.3, -0.25) is 9.79 Å². The Hall–Kier alpha value is -2.10. The number of carbonyl (C=O) groups is 1. The number of aliphatic imine (C=N–C) groups is 1. The van der Waals surface area contributed by atoms with Crippen molar-refractivity contribution in [2.75, 3.05) is 20.1 Å². The van der Waals surface area contributed by atoms with Gasteiger partial charge in [-0.15, -0.1) is 24.0 Å². The molecule has 1 aromatic carbocycles. The number of aromatic nitrogens is 2. The monoisotopic (exact) mass is 510 g/mol. The van der Waals surface area contributed by atoms with Crippen molar-refractivity contribution >= 4 is 35.8 Å². The number of aryl methyl sites for hydroxylation is 2. The summed E-state index contributed by atoms with van der Waals surface area (Å²) in [5.41, 5.74) is 1.32. The first-order valence-corrected chi connectivity index (χ1v) is 9.98. The summed E-state index contributed by atoms with van der Waals surface area (Å²) in [6.45, 7) is 4.95. The number of rotatable bonds is 7. The van der Waals surface area contributed by atoms with Crippen LogP contribution in [-0.2, 0) is 24.3 Å². The lowest BCUT2D eigenvalue weighted by molar-refractivity contribution is -0.129. The summed E-state index contributed by atoms with van der Waals surface area (Å²) >= 11 is 0. The number of halogens is 1. The van der Waals surface area contributed by atoms with Crippen LogP contribution in [0.3, 0.4) is 0 Å². The summed E-state index contributed by atoms with van der Waals surface area (Å²) in [5, 5.41) is 6.77. The van der Waals surface area contributed by atoms with Gasteiger partial charge in [0.25, 0.3) is 0 Å². The van der Waals surface area contributed by atoms with Gasteiger partial charge in [0, 0.05) is 51.5 Å². The second-order valence-electron chi connectivity index (χ2n) is 7.02. The Kier molecular flexibility index (Phi) is 9.43. The van der Waals surface area contributed by atoms with E-state index in [0.29, 0.717) is 13.0 Å². The van der Waals surface area contributed by atoms with Gasteiger partial charge >= 0.3 is 0 Å². The fraction of sp³-hybridized carbons (Fsp3) is 0.476.